The summed E-state index contributed by atoms with van der Waals surface area (Å²) in [6, 6.07) is 6.30. The Bertz CT molecular complexity index is 831. The Kier molecular flexibility index (Phi) is 4.57. The van der Waals surface area contributed by atoms with Gasteiger partial charge < -0.3 is 10.4 Å². The summed E-state index contributed by atoms with van der Waals surface area (Å²) in [5.41, 5.74) is 2.28. The van der Waals surface area contributed by atoms with Gasteiger partial charge in [0.25, 0.3) is 0 Å². The highest BCUT2D eigenvalue weighted by Gasteiger charge is 2.33. The molecule has 2 N–H and O–H groups in total. The number of hydrogen-bond acceptors (Lipinski definition) is 3. The van der Waals surface area contributed by atoms with Crippen molar-refractivity contribution >= 4 is 17.6 Å². The van der Waals surface area contributed by atoms with E-state index in [-0.39, 0.29) is 11.8 Å². The second-order valence-corrected chi connectivity index (χ2v) is 6.54. The van der Waals surface area contributed by atoms with E-state index in [1.165, 1.54) is 10.7 Å². The van der Waals surface area contributed by atoms with Crippen molar-refractivity contribution in [1.29, 1.82) is 0 Å². The monoisotopic (exact) mass is 345 g/mol. The van der Waals surface area contributed by atoms with E-state index in [1.54, 1.807) is 12.1 Å². The molecule has 2 aromatic rings. The SMILES string of the molecule is Cc1cc(C)n(-c2ccc(NC(=O)[C@@H]3CC[C@H](C(=O)O)C3)cc2F)n1. The molecule has 0 saturated heterocycles. The predicted octanol–water partition coefficient (Wildman–Crippen LogP) is 3.07. The van der Waals surface area contributed by atoms with Gasteiger partial charge in [-0.1, -0.05) is 0 Å². The zero-order chi connectivity index (χ0) is 18.1. The Morgan fingerprint density at radius 2 is 1.96 bits per heavy atom. The molecule has 6 nitrogen and oxygen atoms in total. The molecule has 0 aliphatic heterocycles. The number of carboxylic acid groups (broad SMARTS) is 1. The van der Waals surface area contributed by atoms with Crippen molar-refractivity contribution < 1.29 is 19.1 Å². The molecule has 25 heavy (non-hydrogen) atoms. The lowest BCUT2D eigenvalue weighted by Gasteiger charge is -2.12. The maximum Gasteiger partial charge on any atom is 0.306 e. The molecule has 1 heterocycles. The summed E-state index contributed by atoms with van der Waals surface area (Å²) in [6.07, 6.45) is 1.36. The number of anilines is 1. The van der Waals surface area contributed by atoms with Crippen molar-refractivity contribution in [2.75, 3.05) is 5.32 Å². The highest BCUT2D eigenvalue weighted by Crippen LogP contribution is 2.32. The lowest BCUT2D eigenvalue weighted by molar-refractivity contribution is -0.141. The number of aromatic nitrogens is 2. The molecule has 1 saturated carbocycles. The number of nitrogens with one attached hydrogen (secondary N) is 1. The van der Waals surface area contributed by atoms with E-state index in [1.807, 2.05) is 19.9 Å². The molecule has 1 amide bonds. The van der Waals surface area contributed by atoms with Gasteiger partial charge in [-0.2, -0.15) is 5.10 Å². The summed E-state index contributed by atoms with van der Waals surface area (Å²) >= 11 is 0. The number of carboxylic acids is 1. The molecule has 1 aromatic heterocycles. The summed E-state index contributed by atoms with van der Waals surface area (Å²) in [7, 11) is 0. The lowest BCUT2D eigenvalue weighted by atomic mass is 10.0. The summed E-state index contributed by atoms with van der Waals surface area (Å²) in [4.78, 5) is 23.2. The van der Waals surface area contributed by atoms with Gasteiger partial charge in [-0.3, -0.25) is 9.59 Å². The van der Waals surface area contributed by atoms with Crippen molar-refractivity contribution in [2.45, 2.75) is 33.1 Å². The first kappa shape index (κ1) is 17.1. The molecule has 0 radical (unpaired) electrons. The summed E-state index contributed by atoms with van der Waals surface area (Å²) in [5.74, 6) is -2.43. The number of carbonyl (C=O) groups is 2. The van der Waals surface area contributed by atoms with E-state index in [2.05, 4.69) is 10.4 Å². The highest BCUT2D eigenvalue weighted by atomic mass is 19.1. The van der Waals surface area contributed by atoms with Crippen LogP contribution in [-0.2, 0) is 9.59 Å². The fourth-order valence-corrected chi connectivity index (χ4v) is 3.32. The molecule has 3 rings (SSSR count). The number of aliphatic carboxylic acids is 1. The van der Waals surface area contributed by atoms with Gasteiger partial charge >= 0.3 is 5.97 Å². The molecule has 0 spiro atoms. The molecule has 1 fully saturated rings. The number of amides is 1. The molecule has 1 aromatic carbocycles. The van der Waals surface area contributed by atoms with Crippen LogP contribution in [0.1, 0.15) is 30.7 Å². The average Bonchev–Trinajstić information content (AvgIpc) is 3.14. The Balaban J connectivity index is 1.72. The summed E-state index contributed by atoms with van der Waals surface area (Å²) in [6.45, 7) is 3.68. The first-order chi connectivity index (χ1) is 11.8. The van der Waals surface area contributed by atoms with Crippen LogP contribution in [0.2, 0.25) is 0 Å². The Hall–Kier alpha value is -2.70. The molecular weight excluding hydrogens is 325 g/mol. The number of carbonyl (C=O) groups excluding carboxylic acids is 1. The maximum atomic E-state index is 14.4. The van der Waals surface area contributed by atoms with Crippen molar-refractivity contribution in [3.8, 4) is 5.69 Å². The number of hydrogen-bond donors (Lipinski definition) is 2. The van der Waals surface area contributed by atoms with Crippen molar-refractivity contribution in [3.63, 3.8) is 0 Å². The molecular formula is C18H20FN3O3. The van der Waals surface area contributed by atoms with Crippen LogP contribution in [0.4, 0.5) is 10.1 Å². The lowest BCUT2D eigenvalue weighted by Crippen LogP contribution is -2.21. The molecule has 2 atom stereocenters. The van der Waals surface area contributed by atoms with Crippen molar-refractivity contribution in [3.05, 3.63) is 41.5 Å². The Morgan fingerprint density at radius 1 is 1.24 bits per heavy atom. The van der Waals surface area contributed by atoms with Gasteiger partial charge in [-0.25, -0.2) is 9.07 Å². The van der Waals surface area contributed by atoms with E-state index >= 15 is 0 Å². The number of benzene rings is 1. The minimum atomic E-state index is -0.865. The first-order valence-corrected chi connectivity index (χ1v) is 8.22. The zero-order valence-corrected chi connectivity index (χ0v) is 14.1. The molecule has 132 valence electrons. The Morgan fingerprint density at radius 3 is 2.52 bits per heavy atom. The fraction of sp³-hybridized carbons (Fsp3) is 0.389. The van der Waals surface area contributed by atoms with Crippen LogP contribution in [-0.4, -0.2) is 26.8 Å². The van der Waals surface area contributed by atoms with Gasteiger partial charge in [0.05, 0.1) is 11.6 Å². The van der Waals surface area contributed by atoms with Crippen LogP contribution < -0.4 is 5.32 Å². The van der Waals surface area contributed by atoms with E-state index in [4.69, 9.17) is 5.11 Å². The molecule has 1 aliphatic rings. The number of halogens is 1. The Labute approximate surface area is 144 Å². The van der Waals surface area contributed by atoms with Gasteiger partial charge in [0.1, 0.15) is 5.69 Å². The van der Waals surface area contributed by atoms with Crippen LogP contribution in [0.25, 0.3) is 5.69 Å². The smallest absolute Gasteiger partial charge is 0.306 e. The van der Waals surface area contributed by atoms with E-state index < -0.39 is 17.7 Å². The second-order valence-electron chi connectivity index (χ2n) is 6.54. The van der Waals surface area contributed by atoms with E-state index in [9.17, 15) is 14.0 Å². The van der Waals surface area contributed by atoms with Crippen LogP contribution in [0.15, 0.2) is 24.3 Å². The predicted molar refractivity (Wildman–Crippen MR) is 90.1 cm³/mol. The van der Waals surface area contributed by atoms with Crippen LogP contribution in [0, 0.1) is 31.5 Å². The van der Waals surface area contributed by atoms with Gasteiger partial charge in [-0.15, -0.1) is 0 Å². The van der Waals surface area contributed by atoms with Gasteiger partial charge in [-0.05, 0) is 57.4 Å². The van der Waals surface area contributed by atoms with E-state index in [0.717, 1.165) is 11.4 Å². The second kappa shape index (κ2) is 6.66. The van der Waals surface area contributed by atoms with Gasteiger partial charge in [0, 0.05) is 17.3 Å². The highest BCUT2D eigenvalue weighted by molar-refractivity contribution is 5.93. The van der Waals surface area contributed by atoms with E-state index in [0.29, 0.717) is 30.6 Å². The molecule has 0 bridgehead atoms. The minimum absolute atomic E-state index is 0.262. The number of rotatable bonds is 4. The van der Waals surface area contributed by atoms with Crippen LogP contribution in [0.5, 0.6) is 0 Å². The van der Waals surface area contributed by atoms with Crippen LogP contribution in [0.3, 0.4) is 0 Å². The standard InChI is InChI=1S/C18H20FN3O3/c1-10-7-11(2)22(21-10)16-6-5-14(9-15(16)19)20-17(23)12-3-4-13(8-12)18(24)25/h5-7,9,12-13H,3-4,8H2,1-2H3,(H,20,23)(H,24,25)/t12-,13+/m1/s1. The largest absolute Gasteiger partial charge is 0.481 e. The van der Waals surface area contributed by atoms with Gasteiger partial charge in [0.15, 0.2) is 5.82 Å². The molecule has 7 heteroatoms. The van der Waals surface area contributed by atoms with Crippen LogP contribution >= 0.6 is 0 Å². The zero-order valence-electron chi connectivity index (χ0n) is 14.1. The third kappa shape index (κ3) is 3.55. The van der Waals surface area contributed by atoms with Crippen molar-refractivity contribution in [1.82, 2.24) is 9.78 Å². The average molecular weight is 345 g/mol. The minimum Gasteiger partial charge on any atom is -0.481 e. The topological polar surface area (TPSA) is 84.2 Å². The first-order valence-electron chi connectivity index (χ1n) is 8.22. The quantitative estimate of drug-likeness (QED) is 0.892. The maximum absolute atomic E-state index is 14.4. The van der Waals surface area contributed by atoms with Crippen molar-refractivity contribution in [2.24, 2.45) is 11.8 Å². The number of nitrogens with zero attached hydrogens (tertiary/aromatic N) is 2. The summed E-state index contributed by atoms with van der Waals surface area (Å²) in [5, 5.41) is 15.9. The molecule has 0 unspecified atom stereocenters. The third-order valence-electron chi connectivity index (χ3n) is 4.61. The summed E-state index contributed by atoms with van der Waals surface area (Å²) < 4.78 is 15.9. The number of aryl methyl sites for hydroxylation is 2. The van der Waals surface area contributed by atoms with Gasteiger partial charge in [0.2, 0.25) is 5.91 Å². The molecule has 1 aliphatic carbocycles. The third-order valence-corrected chi connectivity index (χ3v) is 4.61. The normalized spacial score (nSPS) is 19.8. The fourth-order valence-electron chi connectivity index (χ4n) is 3.32.